The lowest BCUT2D eigenvalue weighted by atomic mass is 10.2. The van der Waals surface area contributed by atoms with Gasteiger partial charge in [0, 0.05) is 45.8 Å². The van der Waals surface area contributed by atoms with Gasteiger partial charge in [-0.2, -0.15) is 0 Å². The zero-order chi connectivity index (χ0) is 18.4. The first-order valence-electron chi connectivity index (χ1n) is 9.56. The number of hydrogen-bond donors (Lipinski definition) is 0. The van der Waals surface area contributed by atoms with Gasteiger partial charge < -0.3 is 9.32 Å². The Labute approximate surface area is 156 Å². The summed E-state index contributed by atoms with van der Waals surface area (Å²) in [4.78, 5) is 19.0. The molecule has 1 aliphatic heterocycles. The molecule has 26 heavy (non-hydrogen) atoms. The maximum atomic E-state index is 12.3. The van der Waals surface area contributed by atoms with Crippen LogP contribution in [0.1, 0.15) is 35.7 Å². The van der Waals surface area contributed by atoms with Crippen molar-refractivity contribution in [2.24, 2.45) is 0 Å². The number of carbonyl (C=O) groups is 1. The quantitative estimate of drug-likeness (QED) is 0.765. The van der Waals surface area contributed by atoms with Crippen molar-refractivity contribution in [2.45, 2.75) is 26.9 Å². The molecule has 1 saturated heterocycles. The van der Waals surface area contributed by atoms with E-state index in [9.17, 15) is 4.79 Å². The highest BCUT2D eigenvalue weighted by Gasteiger charge is 2.20. The molecular weight excluding hydrogens is 326 g/mol. The highest BCUT2D eigenvalue weighted by atomic mass is 16.4. The second-order valence-corrected chi connectivity index (χ2v) is 6.78. The molecule has 0 bridgehead atoms. The molecule has 1 aromatic carbocycles. The Morgan fingerprint density at radius 2 is 1.54 bits per heavy atom. The molecule has 2 heterocycles. The minimum atomic E-state index is -0.0195. The van der Waals surface area contributed by atoms with Crippen LogP contribution in [0.25, 0.3) is 0 Å². The Morgan fingerprint density at radius 1 is 0.923 bits per heavy atom. The highest BCUT2D eigenvalue weighted by Crippen LogP contribution is 2.15. The Morgan fingerprint density at radius 3 is 2.15 bits per heavy atom. The Kier molecular flexibility index (Phi) is 6.47. The first kappa shape index (κ1) is 18.7. The molecule has 0 unspecified atom stereocenters. The van der Waals surface area contributed by atoms with Crippen LogP contribution in [0.5, 0.6) is 0 Å². The zero-order valence-corrected chi connectivity index (χ0v) is 15.9. The summed E-state index contributed by atoms with van der Waals surface area (Å²) in [6.45, 7) is 11.3. The molecule has 0 N–H and O–H groups in total. The van der Waals surface area contributed by atoms with Gasteiger partial charge in [0.25, 0.3) is 5.91 Å². The minimum absolute atomic E-state index is 0.0195. The van der Waals surface area contributed by atoms with Gasteiger partial charge in [-0.25, -0.2) is 0 Å². The first-order valence-corrected chi connectivity index (χ1v) is 9.56. The second-order valence-electron chi connectivity index (χ2n) is 6.78. The van der Waals surface area contributed by atoms with Gasteiger partial charge in [-0.15, -0.1) is 0 Å². The van der Waals surface area contributed by atoms with Crippen molar-refractivity contribution in [3.63, 3.8) is 0 Å². The van der Waals surface area contributed by atoms with Crippen LogP contribution in [-0.2, 0) is 13.1 Å². The molecule has 0 spiro atoms. The van der Waals surface area contributed by atoms with Crippen molar-refractivity contribution in [2.75, 3.05) is 39.3 Å². The van der Waals surface area contributed by atoms with Gasteiger partial charge in [-0.3, -0.25) is 14.6 Å². The predicted octanol–water partition coefficient (Wildman–Crippen LogP) is 3.08. The van der Waals surface area contributed by atoms with E-state index in [1.54, 1.807) is 4.90 Å². The lowest BCUT2D eigenvalue weighted by Crippen LogP contribution is -2.45. The number of rotatable bonds is 7. The average molecular weight is 355 g/mol. The largest absolute Gasteiger partial charge is 0.455 e. The molecule has 3 rings (SSSR count). The fourth-order valence-electron chi connectivity index (χ4n) is 3.41. The number of carbonyl (C=O) groups excluding carboxylic acids is 1. The zero-order valence-electron chi connectivity index (χ0n) is 15.9. The number of benzene rings is 1. The van der Waals surface area contributed by atoms with Crippen LogP contribution in [0, 0.1) is 0 Å². The van der Waals surface area contributed by atoms with Crippen molar-refractivity contribution in [1.29, 1.82) is 0 Å². The summed E-state index contributed by atoms with van der Waals surface area (Å²) in [6, 6.07) is 14.4. The third-order valence-electron chi connectivity index (χ3n) is 5.02. The summed E-state index contributed by atoms with van der Waals surface area (Å²) < 4.78 is 5.81. The molecule has 5 heteroatoms. The monoisotopic (exact) mass is 355 g/mol. The van der Waals surface area contributed by atoms with Crippen LogP contribution in [0.15, 0.2) is 46.9 Å². The van der Waals surface area contributed by atoms with Crippen LogP contribution >= 0.6 is 0 Å². The Bertz CT molecular complexity index is 686. The number of nitrogens with zero attached hydrogens (tertiary/aromatic N) is 3. The van der Waals surface area contributed by atoms with Crippen molar-refractivity contribution >= 4 is 5.91 Å². The number of piperazine rings is 1. The van der Waals surface area contributed by atoms with Crippen LogP contribution in [0.2, 0.25) is 0 Å². The maximum absolute atomic E-state index is 12.3. The van der Waals surface area contributed by atoms with E-state index in [1.165, 1.54) is 5.56 Å². The summed E-state index contributed by atoms with van der Waals surface area (Å²) in [5, 5.41) is 0. The van der Waals surface area contributed by atoms with E-state index in [0.29, 0.717) is 18.8 Å². The van der Waals surface area contributed by atoms with Crippen LogP contribution in [0.4, 0.5) is 0 Å². The molecule has 1 fully saturated rings. The molecule has 1 aliphatic rings. The molecule has 0 radical (unpaired) electrons. The average Bonchev–Trinajstić information content (AvgIpc) is 3.14. The fraction of sp³-hybridized carbons (Fsp3) is 0.476. The van der Waals surface area contributed by atoms with Gasteiger partial charge >= 0.3 is 0 Å². The molecule has 5 nitrogen and oxygen atoms in total. The lowest BCUT2D eigenvalue weighted by molar-refractivity contribution is 0.0733. The van der Waals surface area contributed by atoms with Crippen molar-refractivity contribution in [3.05, 3.63) is 59.5 Å². The van der Waals surface area contributed by atoms with E-state index in [4.69, 9.17) is 4.42 Å². The third-order valence-corrected chi connectivity index (χ3v) is 5.02. The van der Waals surface area contributed by atoms with E-state index in [-0.39, 0.29) is 5.91 Å². The molecule has 0 atom stereocenters. The molecule has 1 amide bonds. The number of furan rings is 1. The minimum Gasteiger partial charge on any atom is -0.455 e. The fourth-order valence-corrected chi connectivity index (χ4v) is 3.41. The molecular formula is C21H29N3O2. The van der Waals surface area contributed by atoms with E-state index < -0.39 is 0 Å². The molecule has 140 valence electrons. The normalized spacial score (nSPS) is 15.9. The predicted molar refractivity (Wildman–Crippen MR) is 103 cm³/mol. The molecule has 0 saturated carbocycles. The maximum Gasteiger partial charge on any atom is 0.289 e. The summed E-state index contributed by atoms with van der Waals surface area (Å²) in [7, 11) is 0. The molecule has 1 aromatic heterocycles. The van der Waals surface area contributed by atoms with Gasteiger partial charge in [-0.1, -0.05) is 30.3 Å². The van der Waals surface area contributed by atoms with Crippen molar-refractivity contribution in [3.8, 4) is 0 Å². The van der Waals surface area contributed by atoms with E-state index in [1.807, 2.05) is 26.0 Å². The van der Waals surface area contributed by atoms with Gasteiger partial charge in [-0.05, 0) is 31.5 Å². The summed E-state index contributed by atoms with van der Waals surface area (Å²) in [5.74, 6) is 1.30. The third kappa shape index (κ3) is 4.74. The smallest absolute Gasteiger partial charge is 0.289 e. The van der Waals surface area contributed by atoms with E-state index in [2.05, 4.69) is 40.1 Å². The van der Waals surface area contributed by atoms with Crippen LogP contribution in [0.3, 0.4) is 0 Å². The van der Waals surface area contributed by atoms with Crippen molar-refractivity contribution < 1.29 is 9.21 Å². The van der Waals surface area contributed by atoms with Gasteiger partial charge in [0.2, 0.25) is 0 Å². The van der Waals surface area contributed by atoms with Gasteiger partial charge in [0.1, 0.15) is 5.76 Å². The highest BCUT2D eigenvalue weighted by molar-refractivity contribution is 5.91. The summed E-state index contributed by atoms with van der Waals surface area (Å²) in [5.41, 5.74) is 1.37. The number of hydrogen-bond acceptors (Lipinski definition) is 4. The SMILES string of the molecule is CCN(CC)C(=O)c1ccc(CN2CCN(Cc3ccccc3)CC2)o1. The summed E-state index contributed by atoms with van der Waals surface area (Å²) >= 11 is 0. The Hall–Kier alpha value is -2.11. The Balaban J connectivity index is 1.48. The van der Waals surface area contributed by atoms with Crippen LogP contribution in [-0.4, -0.2) is 59.9 Å². The first-order chi connectivity index (χ1) is 12.7. The number of amides is 1. The van der Waals surface area contributed by atoms with E-state index in [0.717, 1.165) is 45.0 Å². The lowest BCUT2D eigenvalue weighted by Gasteiger charge is -2.34. The van der Waals surface area contributed by atoms with Crippen molar-refractivity contribution in [1.82, 2.24) is 14.7 Å². The molecule has 2 aromatic rings. The molecule has 0 aliphatic carbocycles. The standard InChI is InChI=1S/C21H29N3O2/c1-3-24(4-2)21(25)20-11-10-19(26-20)17-23-14-12-22(13-15-23)16-18-8-6-5-7-9-18/h5-11H,3-4,12-17H2,1-2H3. The topological polar surface area (TPSA) is 39.9 Å². The van der Waals surface area contributed by atoms with Gasteiger partial charge in [0.15, 0.2) is 5.76 Å². The summed E-state index contributed by atoms with van der Waals surface area (Å²) in [6.07, 6.45) is 0. The second kappa shape index (κ2) is 9.01. The van der Waals surface area contributed by atoms with Crippen LogP contribution < -0.4 is 0 Å². The van der Waals surface area contributed by atoms with E-state index >= 15 is 0 Å². The van der Waals surface area contributed by atoms with Gasteiger partial charge in [0.05, 0.1) is 6.54 Å².